The minimum Gasteiger partial charge on any atom is -0.460 e. The van der Waals surface area contributed by atoms with Crippen LogP contribution in [0.3, 0.4) is 0 Å². The van der Waals surface area contributed by atoms with Crippen molar-refractivity contribution in [2.45, 2.75) is 32.8 Å². The van der Waals surface area contributed by atoms with E-state index < -0.39 is 5.60 Å². The fraction of sp³-hybridized carbons (Fsp3) is 0.875. The number of urea groups is 1. The van der Waals surface area contributed by atoms with Crippen LogP contribution in [0.2, 0.25) is 0 Å². The van der Waals surface area contributed by atoms with Gasteiger partial charge in [-0.25, -0.2) is 4.79 Å². The molecule has 2 amide bonds. The van der Waals surface area contributed by atoms with Gasteiger partial charge in [0.05, 0.1) is 6.42 Å². The minimum atomic E-state index is -0.405. The molecule has 2 fully saturated rings. The lowest BCUT2D eigenvalue weighted by Crippen LogP contribution is -2.49. The Hall–Kier alpha value is -1.34. The Balaban J connectivity index is 1.58. The van der Waals surface area contributed by atoms with E-state index in [4.69, 9.17) is 4.74 Å². The molecule has 2 heterocycles. The number of esters is 1. The molecule has 0 radical (unpaired) electrons. The third-order valence-electron chi connectivity index (χ3n) is 4.15. The molecule has 1 N–H and O–H groups in total. The summed E-state index contributed by atoms with van der Waals surface area (Å²) in [6, 6.07) is 0.0565. The van der Waals surface area contributed by atoms with E-state index in [-0.39, 0.29) is 12.0 Å². The van der Waals surface area contributed by atoms with Gasteiger partial charge < -0.3 is 19.9 Å². The van der Waals surface area contributed by atoms with Crippen LogP contribution in [0.5, 0.6) is 0 Å². The van der Waals surface area contributed by atoms with E-state index in [1.165, 1.54) is 0 Å². The number of ether oxygens (including phenoxy) is 1. The molecule has 0 bridgehead atoms. The van der Waals surface area contributed by atoms with E-state index in [1.807, 2.05) is 25.7 Å². The maximum atomic E-state index is 11.7. The van der Waals surface area contributed by atoms with Gasteiger partial charge in [-0.1, -0.05) is 0 Å². The highest BCUT2D eigenvalue weighted by atomic mass is 16.6. The lowest BCUT2D eigenvalue weighted by molar-refractivity contribution is -0.155. The van der Waals surface area contributed by atoms with Crippen molar-refractivity contribution >= 4 is 12.0 Å². The average Bonchev–Trinajstić information content (AvgIpc) is 2.87. The van der Waals surface area contributed by atoms with Gasteiger partial charge in [0, 0.05) is 58.9 Å². The van der Waals surface area contributed by atoms with Gasteiger partial charge in [-0.15, -0.1) is 0 Å². The van der Waals surface area contributed by atoms with Gasteiger partial charge >= 0.3 is 12.0 Å². The molecule has 2 saturated heterocycles. The molecule has 0 aromatic heterocycles. The molecule has 7 heteroatoms. The highest BCUT2D eigenvalue weighted by Gasteiger charge is 2.22. The molecule has 0 aliphatic carbocycles. The van der Waals surface area contributed by atoms with Crippen molar-refractivity contribution in [1.82, 2.24) is 20.0 Å². The van der Waals surface area contributed by atoms with Gasteiger partial charge in [0.15, 0.2) is 0 Å². The average molecular weight is 326 g/mol. The monoisotopic (exact) mass is 326 g/mol. The first-order valence-corrected chi connectivity index (χ1v) is 8.53. The Morgan fingerprint density at radius 2 is 1.65 bits per heavy atom. The van der Waals surface area contributed by atoms with Gasteiger partial charge in [0.1, 0.15) is 5.60 Å². The summed E-state index contributed by atoms with van der Waals surface area (Å²) in [4.78, 5) is 29.8. The van der Waals surface area contributed by atoms with Crippen LogP contribution in [0, 0.1) is 0 Å². The van der Waals surface area contributed by atoms with Crippen LogP contribution in [0.25, 0.3) is 0 Å². The molecular formula is C16H30N4O3. The summed E-state index contributed by atoms with van der Waals surface area (Å²) in [5.74, 6) is -0.125. The van der Waals surface area contributed by atoms with Gasteiger partial charge in [-0.2, -0.15) is 0 Å². The first-order chi connectivity index (χ1) is 10.8. The van der Waals surface area contributed by atoms with Gasteiger partial charge in [0.25, 0.3) is 0 Å². The molecule has 7 nitrogen and oxygen atoms in total. The van der Waals surface area contributed by atoms with Crippen LogP contribution >= 0.6 is 0 Å². The molecule has 0 atom stereocenters. The molecule has 23 heavy (non-hydrogen) atoms. The quantitative estimate of drug-likeness (QED) is 0.714. The predicted molar refractivity (Wildman–Crippen MR) is 88.3 cm³/mol. The fourth-order valence-corrected chi connectivity index (χ4v) is 2.87. The highest BCUT2D eigenvalue weighted by molar-refractivity contribution is 5.76. The van der Waals surface area contributed by atoms with E-state index in [0.29, 0.717) is 6.42 Å². The number of carbonyl (C=O) groups is 2. The van der Waals surface area contributed by atoms with E-state index in [9.17, 15) is 9.59 Å². The Morgan fingerprint density at radius 3 is 2.17 bits per heavy atom. The molecule has 0 aromatic rings. The Labute approximate surface area is 138 Å². The van der Waals surface area contributed by atoms with Crippen LogP contribution in [-0.2, 0) is 9.53 Å². The second-order valence-electron chi connectivity index (χ2n) is 7.24. The Kier molecular flexibility index (Phi) is 6.24. The van der Waals surface area contributed by atoms with E-state index in [0.717, 1.165) is 58.9 Å². The molecule has 2 aliphatic rings. The van der Waals surface area contributed by atoms with E-state index in [2.05, 4.69) is 15.1 Å². The van der Waals surface area contributed by atoms with E-state index in [1.54, 1.807) is 0 Å². The summed E-state index contributed by atoms with van der Waals surface area (Å²) < 4.78 is 5.34. The Bertz CT molecular complexity index is 414. The summed E-state index contributed by atoms with van der Waals surface area (Å²) in [5.41, 5.74) is -0.405. The summed E-state index contributed by atoms with van der Waals surface area (Å²) >= 11 is 0. The van der Waals surface area contributed by atoms with Crippen LogP contribution in [0.1, 0.15) is 27.2 Å². The van der Waals surface area contributed by atoms with Crippen LogP contribution in [0.15, 0.2) is 0 Å². The van der Waals surface area contributed by atoms with Crippen molar-refractivity contribution in [3.8, 4) is 0 Å². The molecule has 0 spiro atoms. The van der Waals surface area contributed by atoms with Crippen molar-refractivity contribution in [2.24, 2.45) is 0 Å². The third kappa shape index (κ3) is 6.35. The summed E-state index contributed by atoms with van der Waals surface area (Å²) in [7, 11) is 0. The number of hydrogen-bond donors (Lipinski definition) is 1. The van der Waals surface area contributed by atoms with Gasteiger partial charge in [-0.3, -0.25) is 9.69 Å². The second kappa shape index (κ2) is 7.97. The number of rotatable bonds is 6. The standard InChI is InChI=1S/C16H30N4O3/c1-16(2,3)23-14(21)4-6-18-8-10-19(11-9-18)12-13-20-7-5-17-15(20)22/h4-13H2,1-3H3,(H,17,22). The third-order valence-corrected chi connectivity index (χ3v) is 4.15. The first-order valence-electron chi connectivity index (χ1n) is 8.53. The largest absolute Gasteiger partial charge is 0.460 e. The molecule has 132 valence electrons. The number of nitrogens with one attached hydrogen (secondary N) is 1. The minimum absolute atomic E-state index is 0.0565. The summed E-state index contributed by atoms with van der Waals surface area (Å²) in [5, 5.41) is 2.82. The number of piperazine rings is 1. The zero-order valence-electron chi connectivity index (χ0n) is 14.6. The smallest absolute Gasteiger partial charge is 0.317 e. The van der Waals surface area contributed by atoms with Crippen LogP contribution in [0.4, 0.5) is 4.79 Å². The zero-order valence-corrected chi connectivity index (χ0v) is 14.6. The molecule has 2 rings (SSSR count). The maximum Gasteiger partial charge on any atom is 0.317 e. The Morgan fingerprint density at radius 1 is 1.04 bits per heavy atom. The lowest BCUT2D eigenvalue weighted by atomic mass is 10.2. The normalized spacial score (nSPS) is 20.7. The molecule has 0 aromatic carbocycles. The SMILES string of the molecule is CC(C)(C)OC(=O)CCN1CCN(CCN2CCNC2=O)CC1. The van der Waals surface area contributed by atoms with Crippen molar-refractivity contribution < 1.29 is 14.3 Å². The molecule has 2 aliphatic heterocycles. The number of nitrogens with zero attached hydrogens (tertiary/aromatic N) is 3. The topological polar surface area (TPSA) is 65.1 Å². The molecular weight excluding hydrogens is 296 g/mol. The summed E-state index contributed by atoms with van der Waals surface area (Å²) in [6.45, 7) is 13.6. The van der Waals surface area contributed by atoms with Crippen LogP contribution in [-0.4, -0.2) is 91.2 Å². The summed E-state index contributed by atoms with van der Waals surface area (Å²) in [6.07, 6.45) is 0.450. The number of hydrogen-bond acceptors (Lipinski definition) is 5. The maximum absolute atomic E-state index is 11.7. The fourth-order valence-electron chi connectivity index (χ4n) is 2.87. The zero-order chi connectivity index (χ0) is 16.9. The number of carbonyl (C=O) groups excluding carboxylic acids is 2. The van der Waals surface area contributed by atoms with Crippen molar-refractivity contribution in [1.29, 1.82) is 0 Å². The lowest BCUT2D eigenvalue weighted by Gasteiger charge is -2.35. The van der Waals surface area contributed by atoms with Gasteiger partial charge in [-0.05, 0) is 20.8 Å². The number of amides is 2. The molecule has 0 saturated carbocycles. The van der Waals surface area contributed by atoms with Gasteiger partial charge in [0.2, 0.25) is 0 Å². The van der Waals surface area contributed by atoms with Crippen molar-refractivity contribution in [3.63, 3.8) is 0 Å². The predicted octanol–water partition coefficient (Wildman–Crippen LogP) is 0.361. The molecule has 0 unspecified atom stereocenters. The van der Waals surface area contributed by atoms with E-state index >= 15 is 0 Å². The van der Waals surface area contributed by atoms with Crippen molar-refractivity contribution in [2.75, 3.05) is 58.9 Å². The second-order valence-corrected chi connectivity index (χ2v) is 7.24. The van der Waals surface area contributed by atoms with Crippen molar-refractivity contribution in [3.05, 3.63) is 0 Å². The van der Waals surface area contributed by atoms with Crippen LogP contribution < -0.4 is 5.32 Å². The first kappa shape index (κ1) is 18.0. The highest BCUT2D eigenvalue weighted by Crippen LogP contribution is 2.09.